The molecule has 0 heterocycles. The van der Waals surface area contributed by atoms with Crippen molar-refractivity contribution in [3.05, 3.63) is 71.8 Å². The SMILES string of the molecule is CC/C(=C/C(O)(CC)c1ccccc1)c1ccccc1O. The summed E-state index contributed by atoms with van der Waals surface area (Å²) >= 11 is 0. The zero-order chi connectivity index (χ0) is 15.3. The van der Waals surface area contributed by atoms with Gasteiger partial charge < -0.3 is 10.2 Å². The number of phenols is 1. The van der Waals surface area contributed by atoms with E-state index in [-0.39, 0.29) is 5.75 Å². The van der Waals surface area contributed by atoms with Crippen LogP contribution in [0.3, 0.4) is 0 Å². The summed E-state index contributed by atoms with van der Waals surface area (Å²) in [6.45, 7) is 3.99. The normalized spacial score (nSPS) is 14.7. The summed E-state index contributed by atoms with van der Waals surface area (Å²) in [6, 6.07) is 16.9. The second-order valence-electron chi connectivity index (χ2n) is 5.18. The maximum Gasteiger partial charge on any atom is 0.123 e. The maximum atomic E-state index is 11.0. The summed E-state index contributed by atoms with van der Waals surface area (Å²) < 4.78 is 0. The van der Waals surface area contributed by atoms with E-state index in [1.165, 1.54) is 0 Å². The molecule has 0 aliphatic carbocycles. The summed E-state index contributed by atoms with van der Waals surface area (Å²) in [7, 11) is 0. The number of aliphatic hydroxyl groups is 1. The van der Waals surface area contributed by atoms with E-state index in [0.29, 0.717) is 6.42 Å². The molecule has 2 aromatic carbocycles. The first kappa shape index (κ1) is 15.3. The van der Waals surface area contributed by atoms with Gasteiger partial charge in [0.15, 0.2) is 0 Å². The molecule has 0 saturated carbocycles. The minimum Gasteiger partial charge on any atom is -0.507 e. The third-order valence-corrected chi connectivity index (χ3v) is 3.86. The Morgan fingerprint density at radius 1 is 1.00 bits per heavy atom. The molecular weight excluding hydrogens is 260 g/mol. The van der Waals surface area contributed by atoms with Gasteiger partial charge in [0.25, 0.3) is 0 Å². The zero-order valence-corrected chi connectivity index (χ0v) is 12.6. The second-order valence-corrected chi connectivity index (χ2v) is 5.18. The molecule has 0 aliphatic heterocycles. The van der Waals surface area contributed by atoms with Gasteiger partial charge in [0.1, 0.15) is 11.4 Å². The number of rotatable bonds is 5. The first-order chi connectivity index (χ1) is 10.1. The zero-order valence-electron chi connectivity index (χ0n) is 12.6. The van der Waals surface area contributed by atoms with Crippen molar-refractivity contribution in [2.45, 2.75) is 32.3 Å². The smallest absolute Gasteiger partial charge is 0.123 e. The molecule has 1 atom stereocenters. The fourth-order valence-corrected chi connectivity index (χ4v) is 2.52. The molecule has 21 heavy (non-hydrogen) atoms. The summed E-state index contributed by atoms with van der Waals surface area (Å²) in [6.07, 6.45) is 3.19. The Labute approximate surface area is 126 Å². The standard InChI is InChI=1S/C19H22O2/c1-3-15(17-12-8-9-13-18(17)20)14-19(21,4-2)16-10-6-5-7-11-16/h5-14,20-21H,3-4H2,1-2H3/b15-14-. The molecule has 110 valence electrons. The quantitative estimate of drug-likeness (QED) is 0.848. The third-order valence-electron chi connectivity index (χ3n) is 3.86. The average molecular weight is 282 g/mol. The number of benzene rings is 2. The number of aromatic hydroxyl groups is 1. The summed E-state index contributed by atoms with van der Waals surface area (Å²) in [4.78, 5) is 0. The predicted octanol–water partition coefficient (Wildman–Crippen LogP) is 4.48. The van der Waals surface area contributed by atoms with Gasteiger partial charge >= 0.3 is 0 Å². The lowest BCUT2D eigenvalue weighted by Crippen LogP contribution is -2.22. The van der Waals surface area contributed by atoms with Gasteiger partial charge in [-0.25, -0.2) is 0 Å². The van der Waals surface area contributed by atoms with Crippen LogP contribution in [-0.4, -0.2) is 10.2 Å². The lowest BCUT2D eigenvalue weighted by Gasteiger charge is -2.25. The van der Waals surface area contributed by atoms with Crippen LogP contribution < -0.4 is 0 Å². The monoisotopic (exact) mass is 282 g/mol. The lowest BCUT2D eigenvalue weighted by atomic mass is 9.87. The summed E-state index contributed by atoms with van der Waals surface area (Å²) in [5, 5.41) is 21.0. The van der Waals surface area contributed by atoms with Crippen LogP contribution in [-0.2, 0) is 5.60 Å². The van der Waals surface area contributed by atoms with Crippen molar-refractivity contribution in [1.82, 2.24) is 0 Å². The molecule has 0 amide bonds. The fourth-order valence-electron chi connectivity index (χ4n) is 2.52. The molecule has 1 unspecified atom stereocenters. The molecule has 0 bridgehead atoms. The number of phenolic OH excluding ortho intramolecular Hbond substituents is 1. The van der Waals surface area contributed by atoms with Crippen LogP contribution in [0.2, 0.25) is 0 Å². The molecule has 2 heteroatoms. The topological polar surface area (TPSA) is 40.5 Å². The number of hydrogen-bond donors (Lipinski definition) is 2. The van der Waals surface area contributed by atoms with E-state index in [0.717, 1.165) is 23.1 Å². The molecule has 0 spiro atoms. The van der Waals surface area contributed by atoms with E-state index < -0.39 is 5.60 Å². The molecular formula is C19H22O2. The van der Waals surface area contributed by atoms with Crippen LogP contribution in [0, 0.1) is 0 Å². The van der Waals surface area contributed by atoms with Crippen LogP contribution >= 0.6 is 0 Å². The van der Waals surface area contributed by atoms with Crippen molar-refractivity contribution in [3.8, 4) is 5.75 Å². The fraction of sp³-hybridized carbons (Fsp3) is 0.263. The highest BCUT2D eigenvalue weighted by Gasteiger charge is 2.25. The molecule has 0 aromatic heterocycles. The Kier molecular flexibility index (Phi) is 4.81. The predicted molar refractivity (Wildman–Crippen MR) is 87.0 cm³/mol. The van der Waals surface area contributed by atoms with Gasteiger partial charge in [0, 0.05) is 5.56 Å². The van der Waals surface area contributed by atoms with Crippen LogP contribution in [0.4, 0.5) is 0 Å². The Balaban J connectivity index is 2.49. The van der Waals surface area contributed by atoms with Gasteiger partial charge in [-0.3, -0.25) is 0 Å². The van der Waals surface area contributed by atoms with Crippen molar-refractivity contribution in [2.75, 3.05) is 0 Å². The van der Waals surface area contributed by atoms with E-state index in [9.17, 15) is 10.2 Å². The van der Waals surface area contributed by atoms with E-state index in [1.54, 1.807) is 12.1 Å². The minimum atomic E-state index is -1.02. The first-order valence-electron chi connectivity index (χ1n) is 7.38. The lowest BCUT2D eigenvalue weighted by molar-refractivity contribution is 0.0855. The summed E-state index contributed by atoms with van der Waals surface area (Å²) in [5.74, 6) is 0.247. The maximum absolute atomic E-state index is 11.0. The molecule has 0 saturated heterocycles. The van der Waals surface area contributed by atoms with Gasteiger partial charge in [0.05, 0.1) is 0 Å². The first-order valence-corrected chi connectivity index (χ1v) is 7.38. The van der Waals surface area contributed by atoms with E-state index in [1.807, 2.05) is 62.4 Å². The van der Waals surface area contributed by atoms with Crippen molar-refractivity contribution in [1.29, 1.82) is 0 Å². The Morgan fingerprint density at radius 3 is 2.19 bits per heavy atom. The highest BCUT2D eigenvalue weighted by atomic mass is 16.3. The van der Waals surface area contributed by atoms with Crippen molar-refractivity contribution in [2.24, 2.45) is 0 Å². The van der Waals surface area contributed by atoms with Gasteiger partial charge in [-0.15, -0.1) is 0 Å². The molecule has 2 N–H and O–H groups in total. The molecule has 0 fully saturated rings. The summed E-state index contributed by atoms with van der Waals surface area (Å²) in [5.41, 5.74) is 1.58. The second kappa shape index (κ2) is 6.59. The average Bonchev–Trinajstić information content (AvgIpc) is 2.54. The van der Waals surface area contributed by atoms with Gasteiger partial charge in [-0.2, -0.15) is 0 Å². The van der Waals surface area contributed by atoms with Crippen molar-refractivity contribution >= 4 is 5.57 Å². The van der Waals surface area contributed by atoms with Crippen molar-refractivity contribution < 1.29 is 10.2 Å². The van der Waals surface area contributed by atoms with E-state index >= 15 is 0 Å². The van der Waals surface area contributed by atoms with Gasteiger partial charge in [-0.05, 0) is 36.1 Å². The van der Waals surface area contributed by atoms with E-state index in [4.69, 9.17) is 0 Å². The van der Waals surface area contributed by atoms with Gasteiger partial charge in [0.2, 0.25) is 0 Å². The number of allylic oxidation sites excluding steroid dienone is 1. The minimum absolute atomic E-state index is 0.247. The van der Waals surface area contributed by atoms with Crippen LogP contribution in [0.5, 0.6) is 5.75 Å². The highest BCUT2D eigenvalue weighted by molar-refractivity contribution is 5.71. The van der Waals surface area contributed by atoms with Crippen LogP contribution in [0.15, 0.2) is 60.7 Å². The highest BCUT2D eigenvalue weighted by Crippen LogP contribution is 2.34. The van der Waals surface area contributed by atoms with Gasteiger partial charge in [-0.1, -0.05) is 62.4 Å². The Bertz CT molecular complexity index is 616. The number of hydrogen-bond acceptors (Lipinski definition) is 2. The Hall–Kier alpha value is -2.06. The number of para-hydroxylation sites is 1. The molecule has 2 rings (SSSR count). The molecule has 2 nitrogen and oxygen atoms in total. The molecule has 0 aliphatic rings. The molecule has 0 radical (unpaired) electrons. The van der Waals surface area contributed by atoms with Crippen LogP contribution in [0.25, 0.3) is 5.57 Å². The Morgan fingerprint density at radius 2 is 1.62 bits per heavy atom. The molecule has 2 aromatic rings. The van der Waals surface area contributed by atoms with E-state index in [2.05, 4.69) is 0 Å². The largest absolute Gasteiger partial charge is 0.507 e. The third kappa shape index (κ3) is 3.34. The van der Waals surface area contributed by atoms with Crippen molar-refractivity contribution in [3.63, 3.8) is 0 Å². The van der Waals surface area contributed by atoms with Crippen LogP contribution in [0.1, 0.15) is 37.8 Å².